The molecule has 0 bridgehead atoms. The van der Waals surface area contributed by atoms with E-state index in [2.05, 4.69) is 0 Å². The monoisotopic (exact) mass is 200 g/mol. The van der Waals surface area contributed by atoms with Gasteiger partial charge in [0.25, 0.3) is 0 Å². The van der Waals surface area contributed by atoms with Crippen molar-refractivity contribution in [1.29, 1.82) is 0 Å². The Balaban J connectivity index is 0. The van der Waals surface area contributed by atoms with Gasteiger partial charge in [0.2, 0.25) is 0 Å². The van der Waals surface area contributed by atoms with Crippen molar-refractivity contribution in [1.82, 2.24) is 0 Å². The molecular weight excluding hydrogens is 183 g/mol. The average molecular weight is 201 g/mol. The summed E-state index contributed by atoms with van der Waals surface area (Å²) in [6, 6.07) is 0.437. The maximum absolute atomic E-state index is 5.75. The lowest BCUT2D eigenvalue weighted by Crippen LogP contribution is -2.31. The lowest BCUT2D eigenvalue weighted by atomic mass is 9.86. The molecule has 1 rings (SSSR count). The van der Waals surface area contributed by atoms with Crippen LogP contribution in [0.2, 0.25) is 0 Å². The second kappa shape index (κ2) is 7.17. The fourth-order valence-electron chi connectivity index (χ4n) is 1.55. The van der Waals surface area contributed by atoms with Crippen LogP contribution in [-0.4, -0.2) is 12.6 Å². The van der Waals surface area contributed by atoms with Gasteiger partial charge >= 0.3 is 0 Å². The minimum Gasteiger partial charge on any atom is -0.330 e. The maximum Gasteiger partial charge on any atom is 0.00419 e. The van der Waals surface area contributed by atoms with Gasteiger partial charge in [0.1, 0.15) is 0 Å². The first kappa shape index (κ1) is 14.0. The smallest absolute Gasteiger partial charge is 0.00419 e. The summed E-state index contributed by atoms with van der Waals surface area (Å²) in [6.07, 6.45) is 4.93. The van der Waals surface area contributed by atoms with Gasteiger partial charge in [-0.15, -0.1) is 24.8 Å². The summed E-state index contributed by atoms with van der Waals surface area (Å²) in [5.41, 5.74) is 11.3. The van der Waals surface area contributed by atoms with E-state index in [0.29, 0.717) is 12.0 Å². The number of hydrogen-bond donors (Lipinski definition) is 2. The maximum atomic E-state index is 5.75. The van der Waals surface area contributed by atoms with E-state index in [0.717, 1.165) is 13.0 Å². The molecule has 2 atom stereocenters. The molecule has 0 radical (unpaired) electrons. The summed E-state index contributed by atoms with van der Waals surface area (Å²) in [5.74, 6) is 0.716. The second-order valence-electron chi connectivity index (χ2n) is 3.03. The molecule has 0 aromatic rings. The van der Waals surface area contributed by atoms with Crippen LogP contribution >= 0.6 is 24.8 Å². The molecule has 0 spiro atoms. The predicted molar refractivity (Wildman–Crippen MR) is 53.5 cm³/mol. The first-order valence-electron chi connectivity index (χ1n) is 3.78. The van der Waals surface area contributed by atoms with Crippen molar-refractivity contribution in [2.75, 3.05) is 6.54 Å². The summed E-state index contributed by atoms with van der Waals surface area (Å²) in [7, 11) is 0. The number of nitrogens with two attached hydrogens (primary N) is 2. The Morgan fingerprint density at radius 3 is 2.18 bits per heavy atom. The summed E-state index contributed by atoms with van der Waals surface area (Å²) in [5, 5.41) is 0. The number of halogens is 2. The lowest BCUT2D eigenvalue weighted by Gasteiger charge is -2.24. The number of hydrogen-bond acceptors (Lipinski definition) is 2. The Labute approximate surface area is 80.9 Å². The molecule has 1 saturated carbocycles. The fraction of sp³-hybridized carbons (Fsp3) is 1.00. The average Bonchev–Trinajstić information content (AvgIpc) is 1.88. The van der Waals surface area contributed by atoms with Gasteiger partial charge in [-0.25, -0.2) is 0 Å². The van der Waals surface area contributed by atoms with Crippen LogP contribution in [0.4, 0.5) is 0 Å². The van der Waals surface area contributed by atoms with Gasteiger partial charge in [-0.1, -0.05) is 6.42 Å². The Kier molecular flexibility index (Phi) is 9.15. The molecule has 1 aliphatic rings. The van der Waals surface area contributed by atoms with Crippen molar-refractivity contribution in [3.05, 3.63) is 0 Å². The SMILES string of the molecule is Cl.Cl.NC[C@H]1CCC[C@@H](N)C1. The standard InChI is InChI=1S/C7H16N2.2ClH/c8-5-6-2-1-3-7(9)4-6;;/h6-7H,1-5,8-9H2;2*1H/t6-,7+;;/m0../s1. The van der Waals surface area contributed by atoms with E-state index in [-0.39, 0.29) is 24.8 Å². The van der Waals surface area contributed by atoms with E-state index in [4.69, 9.17) is 11.5 Å². The van der Waals surface area contributed by atoms with Crippen LogP contribution < -0.4 is 11.5 Å². The van der Waals surface area contributed by atoms with Gasteiger partial charge in [-0.2, -0.15) is 0 Å². The van der Waals surface area contributed by atoms with Gasteiger partial charge in [-0.3, -0.25) is 0 Å². The first-order valence-corrected chi connectivity index (χ1v) is 3.78. The van der Waals surface area contributed by atoms with Crippen molar-refractivity contribution in [3.8, 4) is 0 Å². The summed E-state index contributed by atoms with van der Waals surface area (Å²) in [6.45, 7) is 0.827. The largest absolute Gasteiger partial charge is 0.330 e. The predicted octanol–water partition coefficient (Wildman–Crippen LogP) is 1.31. The Bertz CT molecular complexity index is 90.5. The molecule has 0 aliphatic heterocycles. The van der Waals surface area contributed by atoms with Crippen LogP contribution in [0.5, 0.6) is 0 Å². The van der Waals surface area contributed by atoms with Crippen LogP contribution in [0, 0.1) is 5.92 Å². The highest BCUT2D eigenvalue weighted by molar-refractivity contribution is 5.85. The zero-order chi connectivity index (χ0) is 6.69. The highest BCUT2D eigenvalue weighted by atomic mass is 35.5. The molecule has 0 heterocycles. The van der Waals surface area contributed by atoms with Crippen LogP contribution in [0.3, 0.4) is 0 Å². The zero-order valence-corrected chi connectivity index (χ0v) is 8.29. The third kappa shape index (κ3) is 4.86. The highest BCUT2D eigenvalue weighted by Crippen LogP contribution is 2.21. The van der Waals surface area contributed by atoms with E-state index in [1.54, 1.807) is 0 Å². The first-order chi connectivity index (χ1) is 4.33. The summed E-state index contributed by atoms with van der Waals surface area (Å²) < 4.78 is 0. The summed E-state index contributed by atoms with van der Waals surface area (Å²) in [4.78, 5) is 0. The van der Waals surface area contributed by atoms with Gasteiger partial charge in [0, 0.05) is 6.04 Å². The molecule has 70 valence electrons. The van der Waals surface area contributed by atoms with Gasteiger partial charge in [0.15, 0.2) is 0 Å². The zero-order valence-electron chi connectivity index (χ0n) is 6.66. The third-order valence-corrected chi connectivity index (χ3v) is 2.16. The normalized spacial score (nSPS) is 30.0. The highest BCUT2D eigenvalue weighted by Gasteiger charge is 2.16. The Morgan fingerprint density at radius 1 is 1.18 bits per heavy atom. The van der Waals surface area contributed by atoms with E-state index in [9.17, 15) is 0 Å². The molecule has 0 aromatic carbocycles. The van der Waals surface area contributed by atoms with Crippen LogP contribution in [0.1, 0.15) is 25.7 Å². The van der Waals surface area contributed by atoms with Crippen LogP contribution in [0.15, 0.2) is 0 Å². The molecule has 0 amide bonds. The lowest BCUT2D eigenvalue weighted by molar-refractivity contribution is 0.329. The second-order valence-corrected chi connectivity index (χ2v) is 3.03. The van der Waals surface area contributed by atoms with Crippen molar-refractivity contribution in [3.63, 3.8) is 0 Å². The van der Waals surface area contributed by atoms with E-state index >= 15 is 0 Å². The fourth-order valence-corrected chi connectivity index (χ4v) is 1.55. The quantitative estimate of drug-likeness (QED) is 0.671. The van der Waals surface area contributed by atoms with Gasteiger partial charge < -0.3 is 11.5 Å². The molecule has 0 unspecified atom stereocenters. The molecule has 4 heteroatoms. The molecule has 11 heavy (non-hydrogen) atoms. The van der Waals surface area contributed by atoms with Crippen LogP contribution in [-0.2, 0) is 0 Å². The molecule has 1 fully saturated rings. The molecule has 2 nitrogen and oxygen atoms in total. The number of rotatable bonds is 1. The molecule has 4 N–H and O–H groups in total. The summed E-state index contributed by atoms with van der Waals surface area (Å²) >= 11 is 0. The molecule has 0 aromatic heterocycles. The molecule has 0 saturated heterocycles. The van der Waals surface area contributed by atoms with Crippen LogP contribution in [0.25, 0.3) is 0 Å². The van der Waals surface area contributed by atoms with E-state index < -0.39 is 0 Å². The molecular formula is C7H18Cl2N2. The minimum absolute atomic E-state index is 0. The topological polar surface area (TPSA) is 52.0 Å². The Hall–Kier alpha value is 0.500. The van der Waals surface area contributed by atoms with Crippen molar-refractivity contribution >= 4 is 24.8 Å². The van der Waals surface area contributed by atoms with Crippen molar-refractivity contribution in [2.45, 2.75) is 31.7 Å². The van der Waals surface area contributed by atoms with E-state index in [1.807, 2.05) is 0 Å². The minimum atomic E-state index is 0. The van der Waals surface area contributed by atoms with Gasteiger partial charge in [-0.05, 0) is 31.7 Å². The van der Waals surface area contributed by atoms with Crippen molar-refractivity contribution < 1.29 is 0 Å². The van der Waals surface area contributed by atoms with E-state index in [1.165, 1.54) is 19.3 Å². The van der Waals surface area contributed by atoms with Gasteiger partial charge in [0.05, 0.1) is 0 Å². The Morgan fingerprint density at radius 2 is 1.82 bits per heavy atom. The van der Waals surface area contributed by atoms with Crippen molar-refractivity contribution in [2.24, 2.45) is 17.4 Å². The third-order valence-electron chi connectivity index (χ3n) is 2.16. The molecule has 1 aliphatic carbocycles.